The molecule has 0 unspecified atom stereocenters. The lowest BCUT2D eigenvalue weighted by molar-refractivity contribution is -0.127. The Bertz CT molecular complexity index is 201. The summed E-state index contributed by atoms with van der Waals surface area (Å²) in [6, 6.07) is 0. The first-order chi connectivity index (χ1) is 7.19. The first-order valence-electron chi connectivity index (χ1n) is 5.84. The van der Waals surface area contributed by atoms with Gasteiger partial charge in [0.1, 0.15) is 0 Å². The van der Waals surface area contributed by atoms with E-state index in [9.17, 15) is 4.79 Å². The van der Waals surface area contributed by atoms with Gasteiger partial charge in [-0.2, -0.15) is 0 Å². The van der Waals surface area contributed by atoms with E-state index in [4.69, 9.17) is 10.5 Å². The second-order valence-electron chi connectivity index (χ2n) is 4.17. The zero-order chi connectivity index (χ0) is 11.1. The van der Waals surface area contributed by atoms with Crippen molar-refractivity contribution in [2.75, 3.05) is 19.8 Å². The van der Waals surface area contributed by atoms with Crippen molar-refractivity contribution in [3.63, 3.8) is 0 Å². The molecule has 0 aromatic heterocycles. The first kappa shape index (κ1) is 12.5. The Hall–Kier alpha value is -0.610. The molecule has 0 spiro atoms. The van der Waals surface area contributed by atoms with Gasteiger partial charge in [0.05, 0.1) is 12.1 Å². The molecule has 0 bridgehead atoms. The van der Waals surface area contributed by atoms with Crippen LogP contribution >= 0.6 is 0 Å². The summed E-state index contributed by atoms with van der Waals surface area (Å²) in [6.07, 6.45) is 4.96. The summed E-state index contributed by atoms with van der Waals surface area (Å²) in [5.74, 6) is -0.0121. The zero-order valence-electron chi connectivity index (χ0n) is 9.55. The van der Waals surface area contributed by atoms with Crippen LogP contribution in [0, 0.1) is 0 Å². The fraction of sp³-hybridized carbons (Fsp3) is 0.909. The van der Waals surface area contributed by atoms with Crippen LogP contribution in [0.3, 0.4) is 0 Å². The van der Waals surface area contributed by atoms with Crippen LogP contribution in [0.2, 0.25) is 0 Å². The topological polar surface area (TPSA) is 64.3 Å². The average Bonchev–Trinajstić information content (AvgIpc) is 2.25. The van der Waals surface area contributed by atoms with Crippen molar-refractivity contribution in [3.8, 4) is 0 Å². The summed E-state index contributed by atoms with van der Waals surface area (Å²) in [6.45, 7) is 3.75. The molecule has 88 valence electrons. The highest BCUT2D eigenvalue weighted by molar-refractivity contribution is 5.86. The van der Waals surface area contributed by atoms with Crippen molar-refractivity contribution in [1.82, 2.24) is 5.32 Å². The lowest BCUT2D eigenvalue weighted by Crippen LogP contribution is -2.55. The van der Waals surface area contributed by atoms with E-state index in [1.165, 1.54) is 6.42 Å². The molecule has 1 rings (SSSR count). The summed E-state index contributed by atoms with van der Waals surface area (Å²) < 4.78 is 5.15. The molecule has 0 aliphatic heterocycles. The Morgan fingerprint density at radius 3 is 2.67 bits per heavy atom. The van der Waals surface area contributed by atoms with Crippen molar-refractivity contribution in [1.29, 1.82) is 0 Å². The molecule has 3 N–H and O–H groups in total. The monoisotopic (exact) mass is 214 g/mol. The molecule has 1 amide bonds. The molecule has 1 saturated carbocycles. The van der Waals surface area contributed by atoms with E-state index >= 15 is 0 Å². The molecule has 1 aliphatic rings. The molecular weight excluding hydrogens is 192 g/mol. The minimum absolute atomic E-state index is 0.0121. The Labute approximate surface area is 91.5 Å². The summed E-state index contributed by atoms with van der Waals surface area (Å²) >= 11 is 0. The summed E-state index contributed by atoms with van der Waals surface area (Å²) in [7, 11) is 0. The van der Waals surface area contributed by atoms with Crippen LogP contribution in [-0.2, 0) is 9.53 Å². The lowest BCUT2D eigenvalue weighted by atomic mass is 9.82. The van der Waals surface area contributed by atoms with Gasteiger partial charge in [-0.15, -0.1) is 0 Å². The Balaban J connectivity index is 2.25. The van der Waals surface area contributed by atoms with Gasteiger partial charge in [-0.1, -0.05) is 19.3 Å². The number of nitrogens with two attached hydrogens (primary N) is 1. The maximum Gasteiger partial charge on any atom is 0.240 e. The second-order valence-corrected chi connectivity index (χ2v) is 4.17. The van der Waals surface area contributed by atoms with E-state index in [2.05, 4.69) is 5.32 Å². The van der Waals surface area contributed by atoms with Crippen molar-refractivity contribution in [2.45, 2.75) is 44.6 Å². The Morgan fingerprint density at radius 1 is 1.40 bits per heavy atom. The zero-order valence-corrected chi connectivity index (χ0v) is 9.55. The van der Waals surface area contributed by atoms with Crippen LogP contribution in [0.4, 0.5) is 0 Å². The fourth-order valence-electron chi connectivity index (χ4n) is 1.97. The van der Waals surface area contributed by atoms with Crippen LogP contribution < -0.4 is 11.1 Å². The SMILES string of the molecule is CCOCCNC(=O)C1(N)CCCCC1. The van der Waals surface area contributed by atoms with Crippen molar-refractivity contribution < 1.29 is 9.53 Å². The molecule has 1 fully saturated rings. The van der Waals surface area contributed by atoms with Crippen LogP contribution in [0.15, 0.2) is 0 Å². The molecule has 0 aromatic carbocycles. The van der Waals surface area contributed by atoms with Gasteiger partial charge in [0, 0.05) is 13.2 Å². The third kappa shape index (κ3) is 3.80. The van der Waals surface area contributed by atoms with Gasteiger partial charge in [-0.25, -0.2) is 0 Å². The third-order valence-corrected chi connectivity index (χ3v) is 2.93. The van der Waals surface area contributed by atoms with E-state index in [1.807, 2.05) is 6.92 Å². The molecule has 1 aliphatic carbocycles. The number of carbonyl (C=O) groups is 1. The van der Waals surface area contributed by atoms with Gasteiger partial charge in [0.25, 0.3) is 0 Å². The normalized spacial score (nSPS) is 19.9. The van der Waals surface area contributed by atoms with Gasteiger partial charge in [-0.05, 0) is 19.8 Å². The number of hydrogen-bond donors (Lipinski definition) is 2. The van der Waals surface area contributed by atoms with Crippen LogP contribution in [0.1, 0.15) is 39.0 Å². The standard InChI is InChI=1S/C11H22N2O2/c1-2-15-9-8-13-10(14)11(12)6-4-3-5-7-11/h2-9,12H2,1H3,(H,13,14). The van der Waals surface area contributed by atoms with Crippen LogP contribution in [0.5, 0.6) is 0 Å². The largest absolute Gasteiger partial charge is 0.380 e. The lowest BCUT2D eigenvalue weighted by Gasteiger charge is -2.31. The molecule has 15 heavy (non-hydrogen) atoms. The molecule has 4 nitrogen and oxygen atoms in total. The van der Waals surface area contributed by atoms with Crippen molar-refractivity contribution in [2.24, 2.45) is 5.73 Å². The average molecular weight is 214 g/mol. The Kier molecular flexibility index (Phi) is 5.05. The van der Waals surface area contributed by atoms with E-state index in [-0.39, 0.29) is 5.91 Å². The third-order valence-electron chi connectivity index (χ3n) is 2.93. The van der Waals surface area contributed by atoms with Gasteiger partial charge >= 0.3 is 0 Å². The van der Waals surface area contributed by atoms with Crippen molar-refractivity contribution >= 4 is 5.91 Å². The number of nitrogens with one attached hydrogen (secondary N) is 1. The molecule has 0 radical (unpaired) electrons. The summed E-state index contributed by atoms with van der Waals surface area (Å²) in [5.41, 5.74) is 5.44. The summed E-state index contributed by atoms with van der Waals surface area (Å²) in [5, 5.41) is 2.84. The Morgan fingerprint density at radius 2 is 2.07 bits per heavy atom. The van der Waals surface area contributed by atoms with Gasteiger partial charge in [-0.3, -0.25) is 4.79 Å². The first-order valence-corrected chi connectivity index (χ1v) is 5.84. The minimum Gasteiger partial charge on any atom is -0.380 e. The fourth-order valence-corrected chi connectivity index (χ4v) is 1.97. The van der Waals surface area contributed by atoms with Gasteiger partial charge in [0.15, 0.2) is 0 Å². The van der Waals surface area contributed by atoms with Gasteiger partial charge in [0.2, 0.25) is 5.91 Å². The predicted octanol–water partition coefficient (Wildman–Crippen LogP) is 0.801. The van der Waals surface area contributed by atoms with Crippen molar-refractivity contribution in [3.05, 3.63) is 0 Å². The van der Waals surface area contributed by atoms with E-state index in [1.54, 1.807) is 0 Å². The maximum atomic E-state index is 11.8. The molecule has 0 saturated heterocycles. The quantitative estimate of drug-likeness (QED) is 0.665. The van der Waals surface area contributed by atoms with E-state index in [0.29, 0.717) is 19.8 Å². The number of ether oxygens (including phenoxy) is 1. The van der Waals surface area contributed by atoms with E-state index in [0.717, 1.165) is 25.7 Å². The molecular formula is C11H22N2O2. The second kappa shape index (κ2) is 6.08. The maximum absolute atomic E-state index is 11.8. The highest BCUT2D eigenvalue weighted by atomic mass is 16.5. The van der Waals surface area contributed by atoms with E-state index < -0.39 is 5.54 Å². The molecule has 4 heteroatoms. The molecule has 0 heterocycles. The highest BCUT2D eigenvalue weighted by Gasteiger charge is 2.34. The minimum atomic E-state index is -0.621. The highest BCUT2D eigenvalue weighted by Crippen LogP contribution is 2.25. The molecule has 0 aromatic rings. The smallest absolute Gasteiger partial charge is 0.240 e. The summed E-state index contributed by atoms with van der Waals surface area (Å²) in [4.78, 5) is 11.8. The number of amides is 1. The number of hydrogen-bond acceptors (Lipinski definition) is 3. The van der Waals surface area contributed by atoms with Crippen LogP contribution in [-0.4, -0.2) is 31.2 Å². The van der Waals surface area contributed by atoms with Crippen LogP contribution in [0.25, 0.3) is 0 Å². The predicted molar refractivity (Wildman–Crippen MR) is 59.5 cm³/mol. The number of carbonyl (C=O) groups excluding carboxylic acids is 1. The van der Waals surface area contributed by atoms with Gasteiger partial charge < -0.3 is 15.8 Å². The number of rotatable bonds is 5. The molecule has 0 atom stereocenters.